The Morgan fingerprint density at radius 3 is 1.75 bits per heavy atom. The van der Waals surface area contributed by atoms with Crippen molar-refractivity contribution < 1.29 is 5.11 Å². The average Bonchev–Trinajstić information content (AvgIpc) is 0.918. The van der Waals surface area contributed by atoms with Gasteiger partial charge in [-0.1, -0.05) is 0 Å². The van der Waals surface area contributed by atoms with Crippen LogP contribution in [-0.2, 0) is 0 Å². The van der Waals surface area contributed by atoms with Gasteiger partial charge >= 0.3 is 0 Å². The third-order valence-electron chi connectivity index (χ3n) is 0. The molecule has 0 aromatic carbocycles. The van der Waals surface area contributed by atoms with Crippen LogP contribution in [0.25, 0.3) is 0 Å². The van der Waals surface area contributed by atoms with Crippen molar-refractivity contribution >= 4 is 26.2 Å². The lowest BCUT2D eigenvalue weighted by Gasteiger charge is -1.53. The second-order valence-electron chi connectivity index (χ2n) is 0.183. The van der Waals surface area contributed by atoms with Crippen molar-refractivity contribution in [2.24, 2.45) is 0 Å². The van der Waals surface area contributed by atoms with E-state index in [-0.39, 0.29) is 23.3 Å². The summed E-state index contributed by atoms with van der Waals surface area (Å²) in [5, 5.41) is 7.53. The van der Waals surface area contributed by atoms with Gasteiger partial charge in [-0.3, -0.25) is 0 Å². The standard InChI is InChI=1S/CH5OP.BrH/c2-1-3;/h2H,1,3H2;1H. The molecular formula is CH6BrOP. The van der Waals surface area contributed by atoms with Gasteiger partial charge in [-0.2, -0.15) is 0 Å². The van der Waals surface area contributed by atoms with Gasteiger partial charge in [0.1, 0.15) is 0 Å². The molecule has 3 heteroatoms. The van der Waals surface area contributed by atoms with Crippen LogP contribution in [0.3, 0.4) is 0 Å². The van der Waals surface area contributed by atoms with Gasteiger partial charge < -0.3 is 5.11 Å². The van der Waals surface area contributed by atoms with E-state index < -0.39 is 0 Å². The molecule has 1 nitrogen and oxygen atoms in total. The summed E-state index contributed by atoms with van der Waals surface area (Å²) in [4.78, 5) is 0. The van der Waals surface area contributed by atoms with Crippen LogP contribution >= 0.6 is 26.2 Å². The first kappa shape index (κ1) is 8.85. The Kier molecular flexibility index (Phi) is 20.2. The first-order chi connectivity index (χ1) is 1.41. The SMILES string of the molecule is Br.OCP. The Bertz CT molecular complexity index is 8.00. The Morgan fingerprint density at radius 1 is 1.75 bits per heavy atom. The normalized spacial score (nSPS) is 4.50. The lowest BCUT2D eigenvalue weighted by Crippen LogP contribution is -1.47. The predicted molar refractivity (Wildman–Crippen MR) is 27.1 cm³/mol. The Labute approximate surface area is 38.4 Å². The van der Waals surface area contributed by atoms with Crippen molar-refractivity contribution in [3.63, 3.8) is 0 Å². The third kappa shape index (κ3) is 13.3. The van der Waals surface area contributed by atoms with Gasteiger partial charge in [0.05, 0.1) is 6.35 Å². The zero-order chi connectivity index (χ0) is 2.71. The number of aliphatic hydroxyl groups is 1. The molecule has 0 spiro atoms. The molecule has 1 atom stereocenters. The minimum Gasteiger partial charge on any atom is -0.392 e. The van der Waals surface area contributed by atoms with Gasteiger partial charge in [-0.05, 0) is 0 Å². The van der Waals surface area contributed by atoms with Crippen LogP contribution < -0.4 is 0 Å². The predicted octanol–water partition coefficient (Wildman–Crippen LogP) is 0.389. The monoisotopic (exact) mass is 144 g/mol. The van der Waals surface area contributed by atoms with Gasteiger partial charge in [0.25, 0.3) is 0 Å². The van der Waals surface area contributed by atoms with Gasteiger partial charge in [0.2, 0.25) is 0 Å². The molecule has 0 aromatic heterocycles. The lowest BCUT2D eigenvalue weighted by molar-refractivity contribution is 0.375. The van der Waals surface area contributed by atoms with Crippen LogP contribution in [0.5, 0.6) is 0 Å². The lowest BCUT2D eigenvalue weighted by atomic mass is 11.7. The van der Waals surface area contributed by atoms with Crippen molar-refractivity contribution in [2.75, 3.05) is 6.35 Å². The maximum Gasteiger partial charge on any atom is 0.0567 e. The third-order valence-corrected chi connectivity index (χ3v) is 0. The van der Waals surface area contributed by atoms with E-state index >= 15 is 0 Å². The first-order valence-electron chi connectivity index (χ1n) is 0.724. The maximum absolute atomic E-state index is 7.53. The Balaban J connectivity index is 0. The largest absolute Gasteiger partial charge is 0.392 e. The fourth-order valence-corrected chi connectivity index (χ4v) is 0. The summed E-state index contributed by atoms with van der Waals surface area (Å²) < 4.78 is 0. The van der Waals surface area contributed by atoms with E-state index in [9.17, 15) is 0 Å². The van der Waals surface area contributed by atoms with E-state index in [1.807, 2.05) is 0 Å². The minimum absolute atomic E-state index is 0. The highest BCUT2D eigenvalue weighted by Gasteiger charge is 1.33. The zero-order valence-electron chi connectivity index (χ0n) is 2.14. The molecule has 0 saturated carbocycles. The van der Waals surface area contributed by atoms with E-state index in [2.05, 4.69) is 9.24 Å². The van der Waals surface area contributed by atoms with Crippen molar-refractivity contribution in [3.05, 3.63) is 0 Å². The number of rotatable bonds is 0. The molecular weight excluding hydrogens is 139 g/mol. The second kappa shape index (κ2) is 9.12. The molecule has 0 bridgehead atoms. The van der Waals surface area contributed by atoms with Crippen LogP contribution in [-0.4, -0.2) is 11.5 Å². The highest BCUT2D eigenvalue weighted by molar-refractivity contribution is 8.93. The van der Waals surface area contributed by atoms with E-state index in [4.69, 9.17) is 5.11 Å². The highest BCUT2D eigenvalue weighted by Crippen LogP contribution is 1.63. The van der Waals surface area contributed by atoms with Gasteiger partial charge in [-0.15, -0.1) is 26.2 Å². The minimum atomic E-state index is 0. The Hall–Kier alpha value is 0.870. The molecule has 0 aromatic rings. The average molecular weight is 145 g/mol. The van der Waals surface area contributed by atoms with Gasteiger partial charge in [0.15, 0.2) is 0 Å². The number of aliphatic hydroxyl groups excluding tert-OH is 1. The van der Waals surface area contributed by atoms with Crippen molar-refractivity contribution in [3.8, 4) is 0 Å². The molecule has 0 heterocycles. The van der Waals surface area contributed by atoms with Gasteiger partial charge in [-0.25, -0.2) is 0 Å². The summed E-state index contributed by atoms with van der Waals surface area (Å²) >= 11 is 0. The second-order valence-corrected chi connectivity index (χ2v) is 0.548. The van der Waals surface area contributed by atoms with E-state index in [0.717, 1.165) is 0 Å². The summed E-state index contributed by atoms with van der Waals surface area (Å²) in [5.41, 5.74) is 0. The molecule has 1 N–H and O–H groups in total. The molecule has 0 rings (SSSR count). The van der Waals surface area contributed by atoms with Crippen molar-refractivity contribution in [2.45, 2.75) is 0 Å². The molecule has 0 aliphatic heterocycles. The fraction of sp³-hybridized carbons (Fsp3) is 1.00. The van der Waals surface area contributed by atoms with E-state index in [1.165, 1.54) is 0 Å². The summed E-state index contributed by atoms with van der Waals surface area (Å²) in [6, 6.07) is 0. The summed E-state index contributed by atoms with van der Waals surface area (Å²) in [7, 11) is 2.13. The molecule has 1 unspecified atom stereocenters. The highest BCUT2D eigenvalue weighted by atomic mass is 79.9. The number of hydrogen-bond acceptors (Lipinski definition) is 1. The van der Waals surface area contributed by atoms with Gasteiger partial charge in [0, 0.05) is 0 Å². The quantitative estimate of drug-likeness (QED) is 0.488. The first-order valence-corrected chi connectivity index (χ1v) is 1.54. The Morgan fingerprint density at radius 2 is 1.75 bits per heavy atom. The molecule has 0 aliphatic rings. The summed E-state index contributed by atoms with van der Waals surface area (Å²) in [5.74, 6) is 0. The van der Waals surface area contributed by atoms with Crippen LogP contribution in [0.4, 0.5) is 0 Å². The number of hydrogen-bond donors (Lipinski definition) is 1. The molecule has 0 saturated heterocycles. The molecule has 0 aliphatic carbocycles. The number of halogens is 1. The molecule has 0 radical (unpaired) electrons. The van der Waals surface area contributed by atoms with Crippen LogP contribution in [0.1, 0.15) is 0 Å². The zero-order valence-corrected chi connectivity index (χ0v) is 5.01. The molecule has 28 valence electrons. The van der Waals surface area contributed by atoms with Crippen LogP contribution in [0.2, 0.25) is 0 Å². The van der Waals surface area contributed by atoms with E-state index in [1.54, 1.807) is 0 Å². The van der Waals surface area contributed by atoms with Crippen LogP contribution in [0, 0.1) is 0 Å². The van der Waals surface area contributed by atoms with Crippen LogP contribution in [0.15, 0.2) is 0 Å². The van der Waals surface area contributed by atoms with Crippen molar-refractivity contribution in [1.82, 2.24) is 0 Å². The van der Waals surface area contributed by atoms with E-state index in [0.29, 0.717) is 0 Å². The summed E-state index contributed by atoms with van der Waals surface area (Å²) in [6.07, 6.45) is 0.167. The van der Waals surface area contributed by atoms with Crippen molar-refractivity contribution in [1.29, 1.82) is 0 Å². The molecule has 4 heavy (non-hydrogen) atoms. The topological polar surface area (TPSA) is 20.2 Å². The molecule has 0 amide bonds. The summed E-state index contributed by atoms with van der Waals surface area (Å²) in [6.45, 7) is 0. The maximum atomic E-state index is 7.53. The molecule has 0 fully saturated rings. The fourth-order valence-electron chi connectivity index (χ4n) is 0. The smallest absolute Gasteiger partial charge is 0.0567 e.